The number of methoxy groups -OCH3 is 1. The lowest BCUT2D eigenvalue weighted by atomic mass is 10.2. The first-order valence-electron chi connectivity index (χ1n) is 12.1. The van der Waals surface area contributed by atoms with E-state index in [2.05, 4.69) is 9.62 Å². The molecule has 11 heteroatoms. The molecule has 1 fully saturated rings. The minimum Gasteiger partial charge on any atom is -0.495 e. The third kappa shape index (κ3) is 6.62. The molecule has 4 rings (SSSR count). The second kappa shape index (κ2) is 12.3. The van der Waals surface area contributed by atoms with Gasteiger partial charge in [0.15, 0.2) is 6.61 Å². The number of nitrogens with zero attached hydrogens (tertiary/aromatic N) is 2. The topological polar surface area (TPSA) is 97.4 Å². The van der Waals surface area contributed by atoms with Gasteiger partial charge >= 0.3 is 0 Å². The van der Waals surface area contributed by atoms with Crippen molar-refractivity contribution in [2.75, 3.05) is 56.1 Å². The average Bonchev–Trinajstić information content (AvgIpc) is 2.93. The third-order valence-corrected chi connectivity index (χ3v) is 7.71. The molecule has 0 aliphatic carbocycles. The number of carbonyl (C=O) groups excluding carboxylic acids is 1. The van der Waals surface area contributed by atoms with Crippen LogP contribution >= 0.6 is 11.6 Å². The number of benzene rings is 3. The summed E-state index contributed by atoms with van der Waals surface area (Å²) in [7, 11) is -2.24. The van der Waals surface area contributed by atoms with Crippen molar-refractivity contribution in [3.63, 3.8) is 0 Å². The highest BCUT2D eigenvalue weighted by molar-refractivity contribution is 7.92. The highest BCUT2D eigenvalue weighted by Crippen LogP contribution is 2.30. The van der Waals surface area contributed by atoms with E-state index in [0.29, 0.717) is 44.2 Å². The summed E-state index contributed by atoms with van der Waals surface area (Å²) in [6.07, 6.45) is 0. The zero-order chi connectivity index (χ0) is 27.1. The van der Waals surface area contributed by atoms with Crippen LogP contribution < -0.4 is 23.8 Å². The Morgan fingerprint density at radius 1 is 0.947 bits per heavy atom. The normalized spacial score (nSPS) is 13.7. The van der Waals surface area contributed by atoms with E-state index in [0.717, 1.165) is 11.4 Å². The van der Waals surface area contributed by atoms with Crippen LogP contribution in [-0.4, -0.2) is 65.7 Å². The first-order valence-corrected chi connectivity index (χ1v) is 14.0. The van der Waals surface area contributed by atoms with Gasteiger partial charge in [0.05, 0.1) is 29.3 Å². The maximum atomic E-state index is 12.8. The molecule has 0 radical (unpaired) electrons. The summed E-state index contributed by atoms with van der Waals surface area (Å²) in [5.74, 6) is 1.50. The largest absolute Gasteiger partial charge is 0.495 e. The van der Waals surface area contributed by atoms with Gasteiger partial charge in [-0.2, -0.15) is 0 Å². The fourth-order valence-corrected chi connectivity index (χ4v) is 5.47. The molecule has 0 unspecified atom stereocenters. The molecule has 202 valence electrons. The van der Waals surface area contributed by atoms with E-state index in [-0.39, 0.29) is 28.2 Å². The molecule has 0 spiro atoms. The monoisotopic (exact) mass is 559 g/mol. The molecule has 1 aliphatic heterocycles. The predicted octanol–water partition coefficient (Wildman–Crippen LogP) is 4.28. The summed E-state index contributed by atoms with van der Waals surface area (Å²) in [5, 5.41) is 0.0911. The van der Waals surface area contributed by atoms with Crippen molar-refractivity contribution in [1.82, 2.24) is 4.90 Å². The molecule has 1 amide bonds. The van der Waals surface area contributed by atoms with Crippen molar-refractivity contribution < 1.29 is 27.4 Å². The van der Waals surface area contributed by atoms with Crippen molar-refractivity contribution in [3.05, 3.63) is 71.8 Å². The summed E-state index contributed by atoms with van der Waals surface area (Å²) in [4.78, 5) is 16.6. The minimum absolute atomic E-state index is 0.0254. The van der Waals surface area contributed by atoms with E-state index >= 15 is 0 Å². The molecule has 1 saturated heterocycles. The SMILES string of the molecule is CCOc1ccc(NS(=O)(=O)c2ccc(OCC(=O)N3CCN(c4ccccc4OC)CC3)c(Cl)c2)cc1. The summed E-state index contributed by atoms with van der Waals surface area (Å²) < 4.78 is 44.6. The molecule has 0 bridgehead atoms. The Labute approximate surface area is 227 Å². The van der Waals surface area contributed by atoms with Crippen molar-refractivity contribution >= 4 is 38.9 Å². The summed E-state index contributed by atoms with van der Waals surface area (Å²) in [6.45, 7) is 4.61. The van der Waals surface area contributed by atoms with E-state index < -0.39 is 10.0 Å². The number of rotatable bonds is 10. The standard InChI is InChI=1S/C27H30ClN3O6S/c1-3-36-21-10-8-20(9-11-21)29-38(33,34)22-12-13-25(23(28)18-22)37-19-27(32)31-16-14-30(15-17-31)24-6-4-5-7-26(24)35-2/h4-13,18,29H,3,14-17,19H2,1-2H3. The fraction of sp³-hybridized carbons (Fsp3) is 0.296. The quantitative estimate of drug-likeness (QED) is 0.396. The number of para-hydroxylation sites is 2. The number of halogens is 1. The number of piperazine rings is 1. The van der Waals surface area contributed by atoms with Crippen LogP contribution in [0.1, 0.15) is 6.92 Å². The van der Waals surface area contributed by atoms with Crippen LogP contribution in [0, 0.1) is 0 Å². The zero-order valence-corrected chi connectivity index (χ0v) is 22.8. The van der Waals surface area contributed by atoms with E-state index in [4.69, 9.17) is 25.8 Å². The van der Waals surface area contributed by atoms with Gasteiger partial charge in [-0.05, 0) is 61.5 Å². The van der Waals surface area contributed by atoms with Crippen LogP contribution in [0.2, 0.25) is 5.02 Å². The van der Waals surface area contributed by atoms with Gasteiger partial charge in [0.25, 0.3) is 15.9 Å². The molecular formula is C27H30ClN3O6S. The first-order chi connectivity index (χ1) is 18.3. The molecule has 0 atom stereocenters. The van der Waals surface area contributed by atoms with Gasteiger partial charge < -0.3 is 24.0 Å². The third-order valence-electron chi connectivity index (χ3n) is 6.04. The number of ether oxygens (including phenoxy) is 3. The number of hydrogen-bond donors (Lipinski definition) is 1. The Morgan fingerprint density at radius 3 is 2.32 bits per heavy atom. The van der Waals surface area contributed by atoms with Crippen molar-refractivity contribution in [3.8, 4) is 17.2 Å². The number of amides is 1. The van der Waals surface area contributed by atoms with Crippen LogP contribution in [0.3, 0.4) is 0 Å². The van der Waals surface area contributed by atoms with Crippen molar-refractivity contribution in [1.29, 1.82) is 0 Å². The Bertz CT molecular complexity index is 1360. The molecule has 1 aliphatic rings. The van der Waals surface area contributed by atoms with Gasteiger partial charge in [0.2, 0.25) is 0 Å². The molecular weight excluding hydrogens is 530 g/mol. The minimum atomic E-state index is -3.88. The number of hydrogen-bond acceptors (Lipinski definition) is 7. The molecule has 3 aromatic rings. The lowest BCUT2D eigenvalue weighted by Gasteiger charge is -2.36. The maximum absolute atomic E-state index is 12.8. The Kier molecular flexibility index (Phi) is 8.85. The van der Waals surface area contributed by atoms with Crippen LogP contribution in [0.5, 0.6) is 17.2 Å². The number of nitrogens with one attached hydrogen (secondary N) is 1. The zero-order valence-electron chi connectivity index (χ0n) is 21.2. The number of sulfonamides is 1. The molecule has 0 aromatic heterocycles. The highest BCUT2D eigenvalue weighted by atomic mass is 35.5. The lowest BCUT2D eigenvalue weighted by molar-refractivity contribution is -0.133. The Balaban J connectivity index is 1.31. The summed E-state index contributed by atoms with van der Waals surface area (Å²) in [6, 6.07) is 18.5. The van der Waals surface area contributed by atoms with Crippen LogP contribution in [0.25, 0.3) is 0 Å². The van der Waals surface area contributed by atoms with Crippen molar-refractivity contribution in [2.24, 2.45) is 0 Å². The average molecular weight is 560 g/mol. The Hall–Kier alpha value is -3.63. The molecule has 0 saturated carbocycles. The molecule has 38 heavy (non-hydrogen) atoms. The molecule has 1 heterocycles. The first kappa shape index (κ1) is 27.4. The molecule has 1 N–H and O–H groups in total. The lowest BCUT2D eigenvalue weighted by Crippen LogP contribution is -2.50. The Morgan fingerprint density at radius 2 is 1.66 bits per heavy atom. The second-order valence-corrected chi connectivity index (χ2v) is 10.6. The van der Waals surface area contributed by atoms with Crippen LogP contribution in [0.4, 0.5) is 11.4 Å². The second-order valence-electron chi connectivity index (χ2n) is 8.48. The number of anilines is 2. The van der Waals surface area contributed by atoms with Gasteiger partial charge in [0, 0.05) is 31.9 Å². The van der Waals surface area contributed by atoms with E-state index in [1.54, 1.807) is 36.3 Å². The number of carbonyl (C=O) groups is 1. The van der Waals surface area contributed by atoms with Gasteiger partial charge in [0.1, 0.15) is 17.2 Å². The van der Waals surface area contributed by atoms with Gasteiger partial charge in [-0.25, -0.2) is 8.42 Å². The molecule has 9 nitrogen and oxygen atoms in total. The van der Waals surface area contributed by atoms with Crippen molar-refractivity contribution in [2.45, 2.75) is 11.8 Å². The summed E-state index contributed by atoms with van der Waals surface area (Å²) in [5.41, 5.74) is 1.39. The maximum Gasteiger partial charge on any atom is 0.261 e. The smallest absolute Gasteiger partial charge is 0.261 e. The summed E-state index contributed by atoms with van der Waals surface area (Å²) >= 11 is 6.30. The molecule has 3 aromatic carbocycles. The fourth-order valence-electron chi connectivity index (χ4n) is 4.08. The highest BCUT2D eigenvalue weighted by Gasteiger charge is 2.24. The van der Waals surface area contributed by atoms with Crippen LogP contribution in [0.15, 0.2) is 71.6 Å². The van der Waals surface area contributed by atoms with Crippen LogP contribution in [-0.2, 0) is 14.8 Å². The van der Waals surface area contributed by atoms with Gasteiger partial charge in [-0.1, -0.05) is 23.7 Å². The van der Waals surface area contributed by atoms with E-state index in [1.807, 2.05) is 31.2 Å². The van der Waals surface area contributed by atoms with E-state index in [1.165, 1.54) is 18.2 Å². The van der Waals surface area contributed by atoms with Gasteiger partial charge in [-0.15, -0.1) is 0 Å². The van der Waals surface area contributed by atoms with E-state index in [9.17, 15) is 13.2 Å². The predicted molar refractivity (Wildman–Crippen MR) is 147 cm³/mol. The van der Waals surface area contributed by atoms with Gasteiger partial charge in [-0.3, -0.25) is 9.52 Å².